The lowest BCUT2D eigenvalue weighted by Crippen LogP contribution is -2.17. The first-order chi connectivity index (χ1) is 20.0. The maximum Gasteiger partial charge on any atom is 0.0932 e. The van der Waals surface area contributed by atoms with Gasteiger partial charge in [-0.1, -0.05) is 84.4 Å². The largest absolute Gasteiger partial charge is 0.387 e. The zero-order chi connectivity index (χ0) is 28.2. The van der Waals surface area contributed by atoms with Crippen molar-refractivity contribution in [2.75, 3.05) is 0 Å². The van der Waals surface area contributed by atoms with Gasteiger partial charge in [-0.05, 0) is 86.4 Å². The van der Waals surface area contributed by atoms with Crippen LogP contribution in [0.4, 0.5) is 0 Å². The molecule has 6 rings (SSSR count). The predicted octanol–water partition coefficient (Wildman–Crippen LogP) is 7.55. The van der Waals surface area contributed by atoms with Crippen LogP contribution in [0.15, 0.2) is 103 Å². The maximum absolute atomic E-state index is 11.3. The van der Waals surface area contributed by atoms with Gasteiger partial charge >= 0.3 is 0 Å². The van der Waals surface area contributed by atoms with Crippen LogP contribution in [0.1, 0.15) is 41.6 Å². The molecule has 41 heavy (non-hydrogen) atoms. The number of aliphatic hydroxyl groups is 1. The van der Waals surface area contributed by atoms with E-state index in [1.54, 1.807) is 0 Å². The molecule has 0 aliphatic heterocycles. The summed E-state index contributed by atoms with van der Waals surface area (Å²) in [4.78, 5) is 0. The van der Waals surface area contributed by atoms with E-state index >= 15 is 0 Å². The number of fused-ring (bicyclic) bond motifs is 1. The Kier molecular flexibility index (Phi) is 7.88. The minimum atomic E-state index is -0.630. The lowest BCUT2D eigenvalue weighted by Gasteiger charge is -2.17. The molecular formula is C36H36N4O. The van der Waals surface area contributed by atoms with E-state index in [1.807, 2.05) is 41.1 Å². The van der Waals surface area contributed by atoms with Crippen LogP contribution in [0.2, 0.25) is 0 Å². The van der Waals surface area contributed by atoms with Crippen molar-refractivity contribution in [1.29, 1.82) is 0 Å². The SMILES string of the molecule is Cc1ccc(-c2cc(-c3ccccc3)n(CC(O)C=C3CCCc4nnc(-c5ccccc5)cc4CC3)n2)cc1C. The first-order valence-corrected chi connectivity index (χ1v) is 14.5. The molecule has 0 saturated heterocycles. The van der Waals surface area contributed by atoms with Crippen LogP contribution >= 0.6 is 0 Å². The molecule has 2 aromatic heterocycles. The number of hydrogen-bond acceptors (Lipinski definition) is 4. The normalized spacial score (nSPS) is 15.2. The summed E-state index contributed by atoms with van der Waals surface area (Å²) >= 11 is 0. The summed E-state index contributed by atoms with van der Waals surface area (Å²) in [6.07, 6.45) is 6.09. The van der Waals surface area contributed by atoms with Gasteiger partial charge in [-0.3, -0.25) is 4.68 Å². The van der Waals surface area contributed by atoms with Crippen LogP contribution in [-0.4, -0.2) is 31.2 Å². The summed E-state index contributed by atoms with van der Waals surface area (Å²) in [5.41, 5.74) is 12.3. The summed E-state index contributed by atoms with van der Waals surface area (Å²) < 4.78 is 1.96. The fourth-order valence-electron chi connectivity index (χ4n) is 5.64. The van der Waals surface area contributed by atoms with Crippen LogP contribution in [0.25, 0.3) is 33.8 Å². The first kappa shape index (κ1) is 26.9. The number of aromatic nitrogens is 4. The maximum atomic E-state index is 11.3. The zero-order valence-corrected chi connectivity index (χ0v) is 23.8. The number of allylic oxidation sites excluding steroid dienone is 1. The average molecular weight is 541 g/mol. The highest BCUT2D eigenvalue weighted by atomic mass is 16.3. The van der Waals surface area contributed by atoms with E-state index < -0.39 is 6.10 Å². The number of nitrogens with zero attached hydrogens (tertiary/aromatic N) is 4. The van der Waals surface area contributed by atoms with Crippen LogP contribution < -0.4 is 0 Å². The van der Waals surface area contributed by atoms with Crippen LogP contribution in [0.5, 0.6) is 0 Å². The highest BCUT2D eigenvalue weighted by molar-refractivity contribution is 5.69. The minimum Gasteiger partial charge on any atom is -0.387 e. The third-order valence-corrected chi connectivity index (χ3v) is 8.10. The van der Waals surface area contributed by atoms with Gasteiger partial charge in [0.05, 0.1) is 35.4 Å². The Morgan fingerprint density at radius 3 is 2.24 bits per heavy atom. The lowest BCUT2D eigenvalue weighted by molar-refractivity contribution is 0.195. The van der Waals surface area contributed by atoms with Crippen molar-refractivity contribution < 1.29 is 5.11 Å². The molecule has 5 nitrogen and oxygen atoms in total. The molecule has 0 amide bonds. The quantitative estimate of drug-likeness (QED) is 0.226. The zero-order valence-electron chi connectivity index (χ0n) is 23.8. The summed E-state index contributed by atoms with van der Waals surface area (Å²) in [6.45, 7) is 4.66. The smallest absolute Gasteiger partial charge is 0.0932 e. The molecule has 5 heteroatoms. The van der Waals surface area contributed by atoms with E-state index in [1.165, 1.54) is 22.3 Å². The van der Waals surface area contributed by atoms with Gasteiger partial charge in [-0.15, -0.1) is 0 Å². The molecule has 206 valence electrons. The Hall–Kier alpha value is -4.35. The van der Waals surface area contributed by atoms with Gasteiger partial charge < -0.3 is 5.11 Å². The predicted molar refractivity (Wildman–Crippen MR) is 165 cm³/mol. The number of benzene rings is 3. The monoisotopic (exact) mass is 540 g/mol. The Balaban J connectivity index is 1.23. The molecule has 0 spiro atoms. The van der Waals surface area contributed by atoms with Crippen molar-refractivity contribution in [2.45, 2.75) is 58.6 Å². The highest BCUT2D eigenvalue weighted by Crippen LogP contribution is 2.29. The topological polar surface area (TPSA) is 63.8 Å². The van der Waals surface area contributed by atoms with Crippen molar-refractivity contribution in [3.05, 3.63) is 125 Å². The van der Waals surface area contributed by atoms with Crippen LogP contribution in [0, 0.1) is 13.8 Å². The molecule has 2 heterocycles. The second-order valence-corrected chi connectivity index (χ2v) is 11.1. The summed E-state index contributed by atoms with van der Waals surface area (Å²) in [5, 5.41) is 25.3. The third kappa shape index (κ3) is 6.21. The Morgan fingerprint density at radius 2 is 1.49 bits per heavy atom. The van der Waals surface area contributed by atoms with Crippen LogP contribution in [0.3, 0.4) is 0 Å². The molecule has 0 saturated carbocycles. The molecular weight excluding hydrogens is 504 g/mol. The number of hydrogen-bond donors (Lipinski definition) is 1. The van der Waals surface area contributed by atoms with Gasteiger partial charge in [-0.2, -0.15) is 15.3 Å². The van der Waals surface area contributed by atoms with Gasteiger partial charge in [-0.25, -0.2) is 0 Å². The third-order valence-electron chi connectivity index (χ3n) is 8.10. The molecule has 1 aliphatic carbocycles. The van der Waals surface area contributed by atoms with Gasteiger partial charge in [0.1, 0.15) is 0 Å². The lowest BCUT2D eigenvalue weighted by atomic mass is 9.92. The summed E-state index contributed by atoms with van der Waals surface area (Å²) in [7, 11) is 0. The number of aryl methyl sites for hydroxylation is 4. The van der Waals surface area contributed by atoms with Crippen molar-refractivity contribution in [3.8, 4) is 33.8 Å². The van der Waals surface area contributed by atoms with E-state index in [0.717, 1.165) is 71.6 Å². The second-order valence-electron chi connectivity index (χ2n) is 11.1. The van der Waals surface area contributed by atoms with Gasteiger partial charge in [0.25, 0.3) is 0 Å². The fraction of sp³-hybridized carbons (Fsp3) is 0.250. The first-order valence-electron chi connectivity index (χ1n) is 14.5. The van der Waals surface area contributed by atoms with E-state index in [4.69, 9.17) is 5.10 Å². The molecule has 3 aromatic carbocycles. The van der Waals surface area contributed by atoms with Gasteiger partial charge in [0, 0.05) is 11.1 Å². The molecule has 0 radical (unpaired) electrons. The molecule has 0 fully saturated rings. The highest BCUT2D eigenvalue weighted by Gasteiger charge is 2.17. The Labute approximate surface area is 242 Å². The fourth-order valence-corrected chi connectivity index (χ4v) is 5.64. The Morgan fingerprint density at radius 1 is 0.732 bits per heavy atom. The average Bonchev–Trinajstić information content (AvgIpc) is 3.40. The van der Waals surface area contributed by atoms with E-state index in [-0.39, 0.29) is 0 Å². The number of aliphatic hydroxyl groups excluding tert-OH is 1. The van der Waals surface area contributed by atoms with Gasteiger partial charge in [0.2, 0.25) is 0 Å². The molecule has 1 atom stereocenters. The second kappa shape index (κ2) is 12.0. The number of rotatable bonds is 6. The van der Waals surface area contributed by atoms with E-state index in [0.29, 0.717) is 6.54 Å². The molecule has 5 aromatic rings. The van der Waals surface area contributed by atoms with E-state index in [9.17, 15) is 5.11 Å². The van der Waals surface area contributed by atoms with Crippen molar-refractivity contribution in [2.24, 2.45) is 0 Å². The molecule has 1 aliphatic rings. The summed E-state index contributed by atoms with van der Waals surface area (Å²) in [5.74, 6) is 0. The summed E-state index contributed by atoms with van der Waals surface area (Å²) in [6, 6.07) is 31.3. The van der Waals surface area contributed by atoms with Crippen molar-refractivity contribution >= 4 is 0 Å². The standard InChI is InChI=1S/C36H36N4O/c1-25-16-18-30(20-26(25)2)35-23-36(29-13-7-4-8-14-29)40(39-35)24-32(41)21-27-10-9-15-33-31(19-17-27)22-34(38-37-33)28-11-5-3-6-12-28/h3-8,11-14,16,18,20-23,32,41H,9-10,15,17,19,24H2,1-2H3. The molecule has 1 N–H and O–H groups in total. The van der Waals surface area contributed by atoms with Crippen molar-refractivity contribution in [3.63, 3.8) is 0 Å². The van der Waals surface area contributed by atoms with E-state index in [2.05, 4.69) is 84.7 Å². The Bertz CT molecular complexity index is 1670. The van der Waals surface area contributed by atoms with Crippen molar-refractivity contribution in [1.82, 2.24) is 20.0 Å². The molecule has 1 unspecified atom stereocenters. The molecule has 0 bridgehead atoms. The van der Waals surface area contributed by atoms with Crippen LogP contribution in [-0.2, 0) is 19.4 Å². The minimum absolute atomic E-state index is 0.402. The van der Waals surface area contributed by atoms with Gasteiger partial charge in [0.15, 0.2) is 0 Å².